The molecule has 1 saturated carbocycles. The average Bonchev–Trinajstić information content (AvgIpc) is 3.45. The van der Waals surface area contributed by atoms with E-state index in [0.717, 1.165) is 62.0 Å². The van der Waals surface area contributed by atoms with Crippen LogP contribution < -0.4 is 4.90 Å². The highest BCUT2D eigenvalue weighted by Crippen LogP contribution is 2.35. The van der Waals surface area contributed by atoms with Gasteiger partial charge in [-0.3, -0.25) is 9.58 Å². The molecule has 0 bridgehead atoms. The molecule has 7 nitrogen and oxygen atoms in total. The van der Waals surface area contributed by atoms with Crippen LogP contribution in [-0.2, 0) is 11.8 Å². The molecule has 2 saturated heterocycles. The third-order valence-electron chi connectivity index (χ3n) is 6.47. The molecule has 0 N–H and O–H groups in total. The summed E-state index contributed by atoms with van der Waals surface area (Å²) in [5, 5.41) is 5.55. The molecular weight excluding hydrogens is 340 g/mol. The highest BCUT2D eigenvalue weighted by molar-refractivity contribution is 5.87. The standard InChI is InChI=1S/C20H30N6O/c1-24-19-17(13-21-24)20(23-18(22-19)15-5-2-3-6-15)26-10-8-25(9-11-26)14-16-7-4-12-27-16/h13,15-16H,2-12,14H2,1H3. The highest BCUT2D eigenvalue weighted by Gasteiger charge is 2.27. The molecule has 1 unspecified atom stereocenters. The predicted molar refractivity (Wildman–Crippen MR) is 105 cm³/mol. The molecule has 2 aromatic heterocycles. The Morgan fingerprint density at radius 1 is 1.04 bits per heavy atom. The highest BCUT2D eigenvalue weighted by atomic mass is 16.5. The molecule has 0 amide bonds. The van der Waals surface area contributed by atoms with E-state index in [1.54, 1.807) is 0 Å². The third-order valence-corrected chi connectivity index (χ3v) is 6.47. The Morgan fingerprint density at radius 2 is 1.85 bits per heavy atom. The van der Waals surface area contributed by atoms with E-state index >= 15 is 0 Å². The second-order valence-corrected chi connectivity index (χ2v) is 8.31. The monoisotopic (exact) mass is 370 g/mol. The van der Waals surface area contributed by atoms with E-state index in [0.29, 0.717) is 12.0 Å². The van der Waals surface area contributed by atoms with Crippen LogP contribution >= 0.6 is 0 Å². The number of anilines is 1. The fourth-order valence-corrected chi connectivity index (χ4v) is 4.85. The zero-order valence-corrected chi connectivity index (χ0v) is 16.3. The normalized spacial score (nSPS) is 25.1. The Kier molecular flexibility index (Phi) is 4.73. The summed E-state index contributed by atoms with van der Waals surface area (Å²) in [5.74, 6) is 2.64. The number of rotatable bonds is 4. The maximum atomic E-state index is 5.81. The van der Waals surface area contributed by atoms with Crippen molar-refractivity contribution >= 4 is 16.9 Å². The Labute approximate surface area is 160 Å². The van der Waals surface area contributed by atoms with Crippen molar-refractivity contribution in [1.29, 1.82) is 0 Å². The lowest BCUT2D eigenvalue weighted by atomic mass is 10.1. The van der Waals surface area contributed by atoms with Gasteiger partial charge in [-0.15, -0.1) is 0 Å². The van der Waals surface area contributed by atoms with Crippen molar-refractivity contribution in [2.24, 2.45) is 7.05 Å². The van der Waals surface area contributed by atoms with Crippen molar-refractivity contribution < 1.29 is 4.74 Å². The molecule has 0 aromatic carbocycles. The van der Waals surface area contributed by atoms with Gasteiger partial charge in [-0.1, -0.05) is 12.8 Å². The average molecular weight is 371 g/mol. The summed E-state index contributed by atoms with van der Waals surface area (Å²) in [7, 11) is 1.98. The topological polar surface area (TPSA) is 59.3 Å². The van der Waals surface area contributed by atoms with Crippen molar-refractivity contribution in [1.82, 2.24) is 24.6 Å². The molecule has 4 heterocycles. The van der Waals surface area contributed by atoms with Gasteiger partial charge in [0.05, 0.1) is 17.7 Å². The van der Waals surface area contributed by atoms with Crippen molar-refractivity contribution in [2.75, 3.05) is 44.2 Å². The summed E-state index contributed by atoms with van der Waals surface area (Å²) in [6, 6.07) is 0. The number of hydrogen-bond acceptors (Lipinski definition) is 6. The Balaban J connectivity index is 1.36. The molecule has 5 rings (SSSR count). The van der Waals surface area contributed by atoms with Gasteiger partial charge >= 0.3 is 0 Å². The van der Waals surface area contributed by atoms with Crippen LogP contribution in [0.25, 0.3) is 11.0 Å². The molecule has 3 fully saturated rings. The summed E-state index contributed by atoms with van der Waals surface area (Å²) in [6.07, 6.45) is 9.85. The SMILES string of the molecule is Cn1ncc2c(N3CCN(CC4CCCO4)CC3)nc(C3CCCC3)nc21. The van der Waals surface area contributed by atoms with Crippen LogP contribution in [0.4, 0.5) is 5.82 Å². The molecule has 7 heteroatoms. The zero-order valence-electron chi connectivity index (χ0n) is 16.3. The molecular formula is C20H30N6O. The largest absolute Gasteiger partial charge is 0.377 e. The van der Waals surface area contributed by atoms with E-state index < -0.39 is 0 Å². The fourth-order valence-electron chi connectivity index (χ4n) is 4.85. The Bertz CT molecular complexity index is 785. The van der Waals surface area contributed by atoms with Gasteiger partial charge in [-0.05, 0) is 25.7 Å². The first-order valence-electron chi connectivity index (χ1n) is 10.6. The Morgan fingerprint density at radius 3 is 2.59 bits per heavy atom. The van der Waals surface area contributed by atoms with E-state index in [-0.39, 0.29) is 0 Å². The number of piperazine rings is 1. The minimum Gasteiger partial charge on any atom is -0.377 e. The van der Waals surface area contributed by atoms with Gasteiger partial charge in [-0.25, -0.2) is 9.97 Å². The maximum Gasteiger partial charge on any atom is 0.163 e. The number of aryl methyl sites for hydroxylation is 1. The summed E-state index contributed by atoms with van der Waals surface area (Å²) in [6.45, 7) is 6.19. The summed E-state index contributed by atoms with van der Waals surface area (Å²) in [5.41, 5.74) is 0.976. The molecule has 0 spiro atoms. The smallest absolute Gasteiger partial charge is 0.163 e. The summed E-state index contributed by atoms with van der Waals surface area (Å²) in [4.78, 5) is 14.9. The van der Waals surface area contributed by atoms with E-state index in [4.69, 9.17) is 14.7 Å². The number of aromatic nitrogens is 4. The zero-order chi connectivity index (χ0) is 18.2. The summed E-state index contributed by atoms with van der Waals surface area (Å²) >= 11 is 0. The van der Waals surface area contributed by atoms with E-state index in [1.165, 1.54) is 38.5 Å². The fraction of sp³-hybridized carbons (Fsp3) is 0.750. The Hall–Kier alpha value is -1.73. The number of hydrogen-bond donors (Lipinski definition) is 0. The van der Waals surface area contributed by atoms with E-state index in [2.05, 4.69) is 14.9 Å². The first-order chi connectivity index (χ1) is 13.3. The lowest BCUT2D eigenvalue weighted by Gasteiger charge is -2.36. The van der Waals surface area contributed by atoms with Gasteiger partial charge in [0.25, 0.3) is 0 Å². The molecule has 0 radical (unpaired) electrons. The molecule has 3 aliphatic rings. The van der Waals surface area contributed by atoms with Gasteiger partial charge < -0.3 is 9.64 Å². The van der Waals surface area contributed by atoms with Gasteiger partial charge in [0.2, 0.25) is 0 Å². The molecule has 146 valence electrons. The lowest BCUT2D eigenvalue weighted by molar-refractivity contribution is 0.0712. The molecule has 2 aliphatic heterocycles. The van der Waals surface area contributed by atoms with Crippen LogP contribution in [0, 0.1) is 0 Å². The van der Waals surface area contributed by atoms with Crippen molar-refractivity contribution in [2.45, 2.75) is 50.5 Å². The first-order valence-corrected chi connectivity index (χ1v) is 10.6. The maximum absolute atomic E-state index is 5.81. The number of fused-ring (bicyclic) bond motifs is 1. The predicted octanol–water partition coefficient (Wildman–Crippen LogP) is 2.32. The minimum atomic E-state index is 0.439. The number of nitrogens with zero attached hydrogens (tertiary/aromatic N) is 6. The van der Waals surface area contributed by atoms with Crippen molar-refractivity contribution in [3.63, 3.8) is 0 Å². The van der Waals surface area contributed by atoms with Gasteiger partial charge in [-0.2, -0.15) is 5.10 Å². The van der Waals surface area contributed by atoms with Crippen LogP contribution in [0.15, 0.2) is 6.20 Å². The van der Waals surface area contributed by atoms with E-state index in [9.17, 15) is 0 Å². The van der Waals surface area contributed by atoms with Gasteiger partial charge in [0.15, 0.2) is 5.65 Å². The van der Waals surface area contributed by atoms with Crippen molar-refractivity contribution in [3.8, 4) is 0 Å². The quantitative estimate of drug-likeness (QED) is 0.823. The first kappa shape index (κ1) is 17.4. The molecule has 1 aliphatic carbocycles. The minimum absolute atomic E-state index is 0.439. The molecule has 27 heavy (non-hydrogen) atoms. The third kappa shape index (κ3) is 3.43. The number of ether oxygens (including phenoxy) is 1. The second-order valence-electron chi connectivity index (χ2n) is 8.31. The van der Waals surface area contributed by atoms with Gasteiger partial charge in [0, 0.05) is 52.3 Å². The van der Waals surface area contributed by atoms with Crippen LogP contribution in [0.1, 0.15) is 50.3 Å². The van der Waals surface area contributed by atoms with Crippen LogP contribution in [-0.4, -0.2) is 70.1 Å². The second kappa shape index (κ2) is 7.36. The van der Waals surface area contributed by atoms with Crippen LogP contribution in [0.3, 0.4) is 0 Å². The van der Waals surface area contributed by atoms with Gasteiger partial charge in [0.1, 0.15) is 11.6 Å². The molecule has 1 atom stereocenters. The van der Waals surface area contributed by atoms with Crippen molar-refractivity contribution in [3.05, 3.63) is 12.0 Å². The van der Waals surface area contributed by atoms with Crippen LogP contribution in [0.2, 0.25) is 0 Å². The molecule has 2 aromatic rings. The lowest BCUT2D eigenvalue weighted by Crippen LogP contribution is -2.48. The van der Waals surface area contributed by atoms with E-state index in [1.807, 2.05) is 17.9 Å². The summed E-state index contributed by atoms with van der Waals surface area (Å²) < 4.78 is 7.71. The van der Waals surface area contributed by atoms with Crippen LogP contribution in [0.5, 0.6) is 0 Å².